The molecule has 1 saturated heterocycles. The van der Waals surface area contributed by atoms with Gasteiger partial charge in [0, 0.05) is 19.2 Å². The quantitative estimate of drug-likeness (QED) is 0.715. The van der Waals surface area contributed by atoms with E-state index in [0.29, 0.717) is 18.9 Å². The zero-order chi connectivity index (χ0) is 22.8. The van der Waals surface area contributed by atoms with E-state index in [0.717, 1.165) is 17.7 Å². The summed E-state index contributed by atoms with van der Waals surface area (Å²) in [4.78, 5) is 12.7. The number of halogens is 2. The maximum Gasteiger partial charge on any atom is 0.246 e. The van der Waals surface area contributed by atoms with Crippen molar-refractivity contribution in [2.75, 3.05) is 25.5 Å². The Morgan fingerprint density at radius 1 is 1.19 bits per heavy atom. The van der Waals surface area contributed by atoms with Gasteiger partial charge < -0.3 is 10.1 Å². The number of amides is 1. The average Bonchev–Trinajstić information content (AvgIpc) is 2.75. The van der Waals surface area contributed by atoms with Crippen LogP contribution >= 0.6 is 0 Å². The fourth-order valence-corrected chi connectivity index (χ4v) is 5.31. The molecule has 0 unspecified atom stereocenters. The molecular formula is C22H26F2N2O4S. The van der Waals surface area contributed by atoms with Crippen molar-refractivity contribution >= 4 is 21.6 Å². The molecule has 1 amide bonds. The van der Waals surface area contributed by atoms with E-state index in [2.05, 4.69) is 5.32 Å². The molecule has 1 N–H and O–H groups in total. The molecule has 1 fully saturated rings. The molecule has 2 aromatic rings. The molecular weight excluding hydrogens is 426 g/mol. The van der Waals surface area contributed by atoms with Gasteiger partial charge in [0.25, 0.3) is 0 Å². The lowest BCUT2D eigenvalue weighted by Crippen LogP contribution is -2.43. The largest absolute Gasteiger partial charge is 0.495 e. The monoisotopic (exact) mass is 452 g/mol. The van der Waals surface area contributed by atoms with Crippen molar-refractivity contribution in [3.05, 3.63) is 53.6 Å². The molecule has 0 spiro atoms. The fourth-order valence-electron chi connectivity index (χ4n) is 3.59. The van der Waals surface area contributed by atoms with Crippen molar-refractivity contribution < 1.29 is 26.7 Å². The summed E-state index contributed by atoms with van der Waals surface area (Å²) in [5, 5.41) is 2.44. The van der Waals surface area contributed by atoms with Crippen LogP contribution < -0.4 is 10.1 Å². The van der Waals surface area contributed by atoms with E-state index < -0.39 is 33.5 Å². The first-order chi connectivity index (χ1) is 14.6. The normalized spacial score (nSPS) is 17.5. The number of nitrogens with zero attached hydrogens (tertiary/aromatic N) is 1. The average molecular weight is 453 g/mol. The number of carbonyl (C=O) groups is 1. The van der Waals surface area contributed by atoms with Crippen molar-refractivity contribution in [3.8, 4) is 5.75 Å². The topological polar surface area (TPSA) is 75.7 Å². The van der Waals surface area contributed by atoms with Crippen LogP contribution in [0.5, 0.6) is 5.75 Å². The molecule has 9 heteroatoms. The van der Waals surface area contributed by atoms with Crippen molar-refractivity contribution in [2.24, 2.45) is 5.92 Å². The third kappa shape index (κ3) is 5.04. The van der Waals surface area contributed by atoms with Crippen LogP contribution in [0.1, 0.15) is 38.2 Å². The lowest BCUT2D eigenvalue weighted by molar-refractivity contribution is -0.120. The Morgan fingerprint density at radius 2 is 1.94 bits per heavy atom. The Bertz CT molecular complexity index is 1070. The zero-order valence-electron chi connectivity index (χ0n) is 17.7. The molecule has 1 aliphatic rings. The second-order valence-corrected chi connectivity index (χ2v) is 9.79. The predicted octanol–water partition coefficient (Wildman–Crippen LogP) is 4.14. The molecule has 6 nitrogen and oxygen atoms in total. The number of hydrogen-bond acceptors (Lipinski definition) is 4. The van der Waals surface area contributed by atoms with Gasteiger partial charge in [0.1, 0.15) is 22.3 Å². The number of piperidine rings is 1. The Hall–Kier alpha value is -2.52. The smallest absolute Gasteiger partial charge is 0.246 e. The van der Waals surface area contributed by atoms with Gasteiger partial charge in [-0.25, -0.2) is 17.2 Å². The molecule has 1 heterocycles. The van der Waals surface area contributed by atoms with E-state index in [1.165, 1.54) is 11.4 Å². The highest BCUT2D eigenvalue weighted by molar-refractivity contribution is 7.89. The molecule has 31 heavy (non-hydrogen) atoms. The summed E-state index contributed by atoms with van der Waals surface area (Å²) in [6.07, 6.45) is 0.944. The maximum absolute atomic E-state index is 13.9. The summed E-state index contributed by atoms with van der Waals surface area (Å²) in [6, 6.07) is 7.93. The molecule has 0 radical (unpaired) electrons. The zero-order valence-corrected chi connectivity index (χ0v) is 18.5. The molecule has 2 aromatic carbocycles. The van der Waals surface area contributed by atoms with Crippen LogP contribution in [0.25, 0.3) is 0 Å². The molecule has 0 aromatic heterocycles. The molecule has 1 aliphatic heterocycles. The highest BCUT2D eigenvalue weighted by Crippen LogP contribution is 2.32. The summed E-state index contributed by atoms with van der Waals surface area (Å²) in [5.74, 6) is -2.43. The number of carbonyl (C=O) groups excluding carboxylic acids is 1. The number of sulfonamides is 1. The van der Waals surface area contributed by atoms with Crippen LogP contribution in [0, 0.1) is 17.6 Å². The van der Waals surface area contributed by atoms with Gasteiger partial charge in [0.15, 0.2) is 0 Å². The van der Waals surface area contributed by atoms with E-state index in [1.807, 2.05) is 19.9 Å². The molecule has 1 atom stereocenters. The molecule has 3 rings (SSSR count). The first-order valence-electron chi connectivity index (χ1n) is 10.1. The number of rotatable bonds is 6. The third-order valence-electron chi connectivity index (χ3n) is 5.42. The number of ether oxygens (including phenoxy) is 1. The van der Waals surface area contributed by atoms with Crippen molar-refractivity contribution in [2.45, 2.75) is 37.5 Å². The Morgan fingerprint density at radius 3 is 2.58 bits per heavy atom. The molecule has 0 aliphatic carbocycles. The van der Waals surface area contributed by atoms with Gasteiger partial charge in [-0.2, -0.15) is 4.31 Å². The van der Waals surface area contributed by atoms with Gasteiger partial charge in [-0.3, -0.25) is 4.79 Å². The summed E-state index contributed by atoms with van der Waals surface area (Å²) >= 11 is 0. The molecule has 0 saturated carbocycles. The van der Waals surface area contributed by atoms with Crippen LogP contribution in [-0.2, 0) is 14.8 Å². The lowest BCUT2D eigenvalue weighted by Gasteiger charge is -2.31. The van der Waals surface area contributed by atoms with Gasteiger partial charge in [-0.05, 0) is 48.6 Å². The standard InChI is InChI=1S/C22H26F2N2O4S/c1-14(2)15-6-9-20(30-3)21(11-15)31(28,29)26-10-4-5-16(13-26)22(27)25-19-8-7-17(23)12-18(19)24/h6-9,11-12,14,16H,4-5,10,13H2,1-3H3,(H,25,27)/t16-/m1/s1. The second kappa shape index (κ2) is 9.32. The van der Waals surface area contributed by atoms with Crippen LogP contribution in [0.2, 0.25) is 0 Å². The van der Waals surface area contributed by atoms with E-state index in [9.17, 15) is 22.0 Å². The van der Waals surface area contributed by atoms with Gasteiger partial charge in [0.2, 0.25) is 15.9 Å². The van der Waals surface area contributed by atoms with E-state index in [1.54, 1.807) is 12.1 Å². The van der Waals surface area contributed by atoms with Crippen LogP contribution in [0.3, 0.4) is 0 Å². The number of nitrogens with one attached hydrogen (secondary N) is 1. The minimum atomic E-state index is -3.91. The first-order valence-corrected chi connectivity index (χ1v) is 11.5. The summed E-state index contributed by atoms with van der Waals surface area (Å²) in [6.45, 7) is 4.17. The van der Waals surface area contributed by atoms with Crippen molar-refractivity contribution in [1.82, 2.24) is 4.31 Å². The highest BCUT2D eigenvalue weighted by Gasteiger charge is 2.35. The van der Waals surface area contributed by atoms with Crippen LogP contribution in [0.15, 0.2) is 41.3 Å². The maximum atomic E-state index is 13.9. The summed E-state index contributed by atoms with van der Waals surface area (Å²) < 4.78 is 60.3. The van der Waals surface area contributed by atoms with Crippen molar-refractivity contribution in [3.63, 3.8) is 0 Å². The van der Waals surface area contributed by atoms with Gasteiger partial charge in [0.05, 0.1) is 18.7 Å². The lowest BCUT2D eigenvalue weighted by atomic mass is 9.98. The Balaban J connectivity index is 1.82. The van der Waals surface area contributed by atoms with Gasteiger partial charge >= 0.3 is 0 Å². The van der Waals surface area contributed by atoms with Crippen molar-refractivity contribution in [1.29, 1.82) is 0 Å². The summed E-state index contributed by atoms with van der Waals surface area (Å²) in [5.41, 5.74) is 0.718. The SMILES string of the molecule is COc1ccc(C(C)C)cc1S(=O)(=O)N1CCC[C@@H](C(=O)Nc2ccc(F)cc2F)C1. The Labute approximate surface area is 181 Å². The predicted molar refractivity (Wildman–Crippen MR) is 114 cm³/mol. The molecule has 168 valence electrons. The summed E-state index contributed by atoms with van der Waals surface area (Å²) in [7, 11) is -2.50. The number of hydrogen-bond donors (Lipinski definition) is 1. The highest BCUT2D eigenvalue weighted by atomic mass is 32.2. The fraction of sp³-hybridized carbons (Fsp3) is 0.409. The molecule has 0 bridgehead atoms. The minimum Gasteiger partial charge on any atom is -0.495 e. The van der Waals surface area contributed by atoms with E-state index in [4.69, 9.17) is 4.74 Å². The third-order valence-corrected chi connectivity index (χ3v) is 7.30. The first kappa shape index (κ1) is 23.1. The second-order valence-electron chi connectivity index (χ2n) is 7.88. The minimum absolute atomic E-state index is 0.0357. The van der Waals surface area contributed by atoms with E-state index >= 15 is 0 Å². The van der Waals surface area contributed by atoms with Crippen LogP contribution in [-0.4, -0.2) is 38.8 Å². The van der Waals surface area contributed by atoms with Crippen LogP contribution in [0.4, 0.5) is 14.5 Å². The van der Waals surface area contributed by atoms with Gasteiger partial charge in [-0.1, -0.05) is 19.9 Å². The van der Waals surface area contributed by atoms with E-state index in [-0.39, 0.29) is 35.3 Å². The number of anilines is 1. The Kier molecular flexibility index (Phi) is 6.96. The number of methoxy groups -OCH3 is 1. The number of benzene rings is 2. The van der Waals surface area contributed by atoms with Gasteiger partial charge in [-0.15, -0.1) is 0 Å².